The van der Waals surface area contributed by atoms with Gasteiger partial charge in [-0.05, 0) is 20.3 Å². The third kappa shape index (κ3) is 7.64. The summed E-state index contributed by atoms with van der Waals surface area (Å²) in [5, 5.41) is 3.33. The molecule has 0 amide bonds. The molecular formula is C11H23N. The van der Waals surface area contributed by atoms with Crippen molar-refractivity contribution in [3.63, 3.8) is 0 Å². The van der Waals surface area contributed by atoms with Crippen LogP contribution in [0.5, 0.6) is 0 Å². The van der Waals surface area contributed by atoms with Gasteiger partial charge in [0, 0.05) is 11.7 Å². The van der Waals surface area contributed by atoms with Crippen molar-refractivity contribution >= 4 is 0 Å². The van der Waals surface area contributed by atoms with Crippen molar-refractivity contribution in [2.45, 2.75) is 58.9 Å². The molecule has 0 aromatic rings. The number of allylic oxidation sites excluding steroid dienone is 1. The van der Waals surface area contributed by atoms with Gasteiger partial charge in [-0.3, -0.25) is 0 Å². The fourth-order valence-corrected chi connectivity index (χ4v) is 1.37. The molecule has 0 aliphatic rings. The molecule has 1 nitrogen and oxygen atoms in total. The van der Waals surface area contributed by atoms with E-state index in [9.17, 15) is 0 Å². The first kappa shape index (κ1) is 11.5. The van der Waals surface area contributed by atoms with Crippen LogP contribution < -0.4 is 5.32 Å². The van der Waals surface area contributed by atoms with E-state index in [1.807, 2.05) is 6.92 Å². The second-order valence-electron chi connectivity index (χ2n) is 3.68. The van der Waals surface area contributed by atoms with Crippen molar-refractivity contribution in [1.29, 1.82) is 0 Å². The van der Waals surface area contributed by atoms with Crippen molar-refractivity contribution in [2.24, 2.45) is 0 Å². The summed E-state index contributed by atoms with van der Waals surface area (Å²) in [6.45, 7) is 10.3. The largest absolute Gasteiger partial charge is 0.387 e. The Bertz CT molecular complexity index is 118. The van der Waals surface area contributed by atoms with Crippen LogP contribution in [0.2, 0.25) is 0 Å². The first-order valence-electron chi connectivity index (χ1n) is 5.08. The molecule has 0 saturated carbocycles. The maximum absolute atomic E-state index is 3.83. The lowest BCUT2D eigenvalue weighted by Crippen LogP contribution is -2.23. The molecular weight excluding hydrogens is 146 g/mol. The van der Waals surface area contributed by atoms with E-state index >= 15 is 0 Å². The standard InChI is InChI=1S/C11H23N/c1-5-6-7-8-9-11(4)12-10(2)3/h11-12H,2,5-9H2,1,3-4H3. The fourth-order valence-electron chi connectivity index (χ4n) is 1.37. The maximum Gasteiger partial charge on any atom is 0.0229 e. The Balaban J connectivity index is 3.19. The molecule has 12 heavy (non-hydrogen) atoms. The van der Waals surface area contributed by atoms with Gasteiger partial charge in [0.2, 0.25) is 0 Å². The molecule has 1 unspecified atom stereocenters. The zero-order valence-electron chi connectivity index (χ0n) is 8.82. The summed E-state index contributed by atoms with van der Waals surface area (Å²) in [4.78, 5) is 0. The van der Waals surface area contributed by atoms with Crippen molar-refractivity contribution in [1.82, 2.24) is 5.32 Å². The van der Waals surface area contributed by atoms with Crippen LogP contribution in [-0.2, 0) is 0 Å². The first-order chi connectivity index (χ1) is 5.66. The van der Waals surface area contributed by atoms with Gasteiger partial charge >= 0.3 is 0 Å². The Kier molecular flexibility index (Phi) is 6.93. The monoisotopic (exact) mass is 169 g/mol. The van der Waals surface area contributed by atoms with Gasteiger partial charge in [-0.1, -0.05) is 39.2 Å². The molecule has 72 valence electrons. The van der Waals surface area contributed by atoms with E-state index in [0.717, 1.165) is 5.70 Å². The normalized spacial score (nSPS) is 12.6. The quantitative estimate of drug-likeness (QED) is 0.575. The molecule has 1 atom stereocenters. The number of nitrogens with one attached hydrogen (secondary N) is 1. The van der Waals surface area contributed by atoms with Gasteiger partial charge in [-0.15, -0.1) is 0 Å². The SMILES string of the molecule is C=C(C)NC(C)CCCCCC. The average molecular weight is 169 g/mol. The van der Waals surface area contributed by atoms with Crippen molar-refractivity contribution in [3.05, 3.63) is 12.3 Å². The molecule has 0 aromatic heterocycles. The van der Waals surface area contributed by atoms with Crippen LogP contribution in [0.25, 0.3) is 0 Å². The Labute approximate surface area is 77.2 Å². The van der Waals surface area contributed by atoms with Gasteiger partial charge in [0.05, 0.1) is 0 Å². The van der Waals surface area contributed by atoms with Crippen LogP contribution in [0.3, 0.4) is 0 Å². The molecule has 1 heteroatoms. The third-order valence-electron chi connectivity index (χ3n) is 1.98. The van der Waals surface area contributed by atoms with Gasteiger partial charge in [0.1, 0.15) is 0 Å². The van der Waals surface area contributed by atoms with Gasteiger partial charge in [-0.25, -0.2) is 0 Å². The summed E-state index contributed by atoms with van der Waals surface area (Å²) in [5.41, 5.74) is 1.08. The molecule has 0 fully saturated rings. The summed E-state index contributed by atoms with van der Waals surface area (Å²) in [5.74, 6) is 0. The molecule has 0 heterocycles. The lowest BCUT2D eigenvalue weighted by Gasteiger charge is -2.14. The molecule has 1 N–H and O–H groups in total. The number of rotatable bonds is 7. The van der Waals surface area contributed by atoms with E-state index in [4.69, 9.17) is 0 Å². The second kappa shape index (κ2) is 7.20. The Hall–Kier alpha value is -0.460. The third-order valence-corrected chi connectivity index (χ3v) is 1.98. The van der Waals surface area contributed by atoms with Crippen LogP contribution >= 0.6 is 0 Å². The van der Waals surface area contributed by atoms with Crippen LogP contribution in [0.15, 0.2) is 12.3 Å². The molecule has 0 spiro atoms. The average Bonchev–Trinajstić information content (AvgIpc) is 1.97. The van der Waals surface area contributed by atoms with E-state index in [0.29, 0.717) is 6.04 Å². The fraction of sp³-hybridized carbons (Fsp3) is 0.818. The molecule has 0 aliphatic heterocycles. The van der Waals surface area contributed by atoms with Crippen molar-refractivity contribution < 1.29 is 0 Å². The summed E-state index contributed by atoms with van der Waals surface area (Å²) in [6, 6.07) is 0.597. The molecule has 0 aromatic carbocycles. The second-order valence-corrected chi connectivity index (χ2v) is 3.68. The number of unbranched alkanes of at least 4 members (excludes halogenated alkanes) is 3. The molecule has 0 bridgehead atoms. The van der Waals surface area contributed by atoms with E-state index in [1.165, 1.54) is 32.1 Å². The highest BCUT2D eigenvalue weighted by molar-refractivity contribution is 4.86. The van der Waals surface area contributed by atoms with Gasteiger partial charge in [0.15, 0.2) is 0 Å². The Morgan fingerprint density at radius 1 is 1.33 bits per heavy atom. The highest BCUT2D eigenvalue weighted by Crippen LogP contribution is 2.05. The Morgan fingerprint density at radius 3 is 2.50 bits per heavy atom. The predicted molar refractivity (Wildman–Crippen MR) is 56.2 cm³/mol. The number of hydrogen-bond acceptors (Lipinski definition) is 1. The molecule has 0 saturated heterocycles. The number of hydrogen-bond donors (Lipinski definition) is 1. The van der Waals surface area contributed by atoms with Gasteiger partial charge in [-0.2, -0.15) is 0 Å². The van der Waals surface area contributed by atoms with Gasteiger partial charge in [0.25, 0.3) is 0 Å². The lowest BCUT2D eigenvalue weighted by molar-refractivity contribution is 0.521. The van der Waals surface area contributed by atoms with Crippen molar-refractivity contribution in [2.75, 3.05) is 0 Å². The highest BCUT2D eigenvalue weighted by atomic mass is 14.9. The van der Waals surface area contributed by atoms with Crippen LogP contribution in [0.4, 0.5) is 0 Å². The molecule has 0 aliphatic carbocycles. The Morgan fingerprint density at radius 2 is 2.00 bits per heavy atom. The zero-order valence-corrected chi connectivity index (χ0v) is 8.82. The van der Waals surface area contributed by atoms with Crippen molar-refractivity contribution in [3.8, 4) is 0 Å². The topological polar surface area (TPSA) is 12.0 Å². The predicted octanol–water partition coefficient (Wildman–Crippen LogP) is 3.47. The summed E-state index contributed by atoms with van der Waals surface area (Å²) < 4.78 is 0. The summed E-state index contributed by atoms with van der Waals surface area (Å²) in [7, 11) is 0. The lowest BCUT2D eigenvalue weighted by atomic mass is 10.1. The van der Waals surface area contributed by atoms with Gasteiger partial charge < -0.3 is 5.32 Å². The minimum Gasteiger partial charge on any atom is -0.387 e. The van der Waals surface area contributed by atoms with Crippen LogP contribution in [0, 0.1) is 0 Å². The van der Waals surface area contributed by atoms with E-state index in [-0.39, 0.29) is 0 Å². The molecule has 0 radical (unpaired) electrons. The highest BCUT2D eigenvalue weighted by Gasteiger charge is 1.98. The minimum absolute atomic E-state index is 0.597. The van der Waals surface area contributed by atoms with E-state index in [2.05, 4.69) is 25.7 Å². The summed E-state index contributed by atoms with van der Waals surface area (Å²) >= 11 is 0. The minimum atomic E-state index is 0.597. The smallest absolute Gasteiger partial charge is 0.0229 e. The van der Waals surface area contributed by atoms with Crippen LogP contribution in [0.1, 0.15) is 52.9 Å². The zero-order chi connectivity index (χ0) is 9.40. The van der Waals surface area contributed by atoms with E-state index in [1.54, 1.807) is 0 Å². The summed E-state index contributed by atoms with van der Waals surface area (Å²) in [6.07, 6.45) is 6.68. The first-order valence-corrected chi connectivity index (χ1v) is 5.08. The van der Waals surface area contributed by atoms with E-state index < -0.39 is 0 Å². The van der Waals surface area contributed by atoms with Crippen LogP contribution in [-0.4, -0.2) is 6.04 Å². The maximum atomic E-state index is 3.83. The molecule has 0 rings (SSSR count).